The van der Waals surface area contributed by atoms with E-state index in [2.05, 4.69) is 20.1 Å². The van der Waals surface area contributed by atoms with Gasteiger partial charge in [-0.05, 0) is 40.9 Å². The third kappa shape index (κ3) is 3.06. The molecule has 0 heterocycles. The molecule has 0 fully saturated rings. The zero-order valence-electron chi connectivity index (χ0n) is 12.3. The second-order valence-corrected chi connectivity index (χ2v) is 4.28. The number of rotatable bonds is 5. The number of ether oxygens (including phenoxy) is 2. The number of azide groups is 2. The van der Waals surface area contributed by atoms with Crippen molar-refractivity contribution < 1.29 is 14.6 Å². The largest absolute Gasteiger partial charge is 0.504 e. The Morgan fingerprint density at radius 2 is 1.61 bits per heavy atom. The summed E-state index contributed by atoms with van der Waals surface area (Å²) in [5.74, 6) is 0.257. The van der Waals surface area contributed by atoms with Crippen LogP contribution in [-0.4, -0.2) is 19.3 Å². The van der Waals surface area contributed by atoms with Crippen molar-refractivity contribution >= 4 is 11.4 Å². The van der Waals surface area contributed by atoms with Gasteiger partial charge in [-0.1, -0.05) is 16.3 Å². The van der Waals surface area contributed by atoms with Gasteiger partial charge in [-0.25, -0.2) is 0 Å². The molecule has 1 N–H and O–H groups in total. The summed E-state index contributed by atoms with van der Waals surface area (Å²) in [7, 11) is 2.81. The molecular weight excluding hydrogens is 300 g/mol. The quantitative estimate of drug-likeness (QED) is 0.474. The van der Waals surface area contributed by atoms with Crippen LogP contribution in [0.15, 0.2) is 40.6 Å². The number of phenolic OH excluding ortho intramolecular Hbond substituents is 1. The average Bonchev–Trinajstić information content (AvgIpc) is 2.56. The Morgan fingerprint density at radius 3 is 2.22 bits per heavy atom. The van der Waals surface area contributed by atoms with Gasteiger partial charge in [-0.2, -0.15) is 0 Å². The molecule has 0 aliphatic heterocycles. The van der Waals surface area contributed by atoms with Crippen LogP contribution in [0.2, 0.25) is 0 Å². The van der Waals surface area contributed by atoms with Crippen LogP contribution in [0.4, 0.5) is 11.4 Å². The van der Waals surface area contributed by atoms with E-state index in [1.54, 1.807) is 24.3 Å². The van der Waals surface area contributed by atoms with E-state index in [0.29, 0.717) is 22.6 Å². The highest BCUT2D eigenvalue weighted by Crippen LogP contribution is 2.45. The van der Waals surface area contributed by atoms with Crippen molar-refractivity contribution in [1.29, 1.82) is 0 Å². The fraction of sp³-hybridized carbons (Fsp3) is 0.143. The van der Waals surface area contributed by atoms with Gasteiger partial charge in [0, 0.05) is 15.4 Å². The van der Waals surface area contributed by atoms with Crippen LogP contribution in [0.1, 0.15) is 0 Å². The summed E-state index contributed by atoms with van der Waals surface area (Å²) in [5.41, 5.74) is 18.6. The maximum absolute atomic E-state index is 10.4. The number of aromatic hydroxyl groups is 1. The van der Waals surface area contributed by atoms with E-state index in [1.165, 1.54) is 20.3 Å². The minimum absolute atomic E-state index is 0.0680. The molecule has 0 aromatic heterocycles. The molecule has 0 aliphatic carbocycles. The molecule has 2 aromatic carbocycles. The average molecular weight is 312 g/mol. The number of hydrogen-bond acceptors (Lipinski definition) is 5. The monoisotopic (exact) mass is 312 g/mol. The summed E-state index contributed by atoms with van der Waals surface area (Å²) in [6, 6.07) is 7.96. The fourth-order valence-corrected chi connectivity index (χ4v) is 2.10. The minimum Gasteiger partial charge on any atom is -0.504 e. The summed E-state index contributed by atoms with van der Waals surface area (Å²) in [4.78, 5) is 5.41. The number of methoxy groups -OCH3 is 2. The first kappa shape index (κ1) is 15.8. The van der Waals surface area contributed by atoms with Gasteiger partial charge in [-0.3, -0.25) is 0 Å². The van der Waals surface area contributed by atoms with Crippen molar-refractivity contribution in [3.8, 4) is 28.4 Å². The molecule has 116 valence electrons. The van der Waals surface area contributed by atoms with Crippen molar-refractivity contribution in [3.05, 3.63) is 51.2 Å². The molecule has 0 saturated heterocycles. The molecule has 0 unspecified atom stereocenters. The van der Waals surface area contributed by atoms with E-state index < -0.39 is 0 Å². The van der Waals surface area contributed by atoms with Gasteiger partial charge in [-0.15, -0.1) is 0 Å². The SMILES string of the molecule is COc1cc(-c2ccc(N=[N+]=[N-])c(OC)c2O)ccc1N=[N+]=[N-]. The predicted octanol–water partition coefficient (Wildman–Crippen LogP) is 4.96. The lowest BCUT2D eigenvalue weighted by molar-refractivity contribution is 0.375. The van der Waals surface area contributed by atoms with Crippen LogP contribution in [-0.2, 0) is 0 Å². The van der Waals surface area contributed by atoms with Crippen LogP contribution in [0.25, 0.3) is 32.0 Å². The van der Waals surface area contributed by atoms with E-state index in [-0.39, 0.29) is 17.2 Å². The van der Waals surface area contributed by atoms with E-state index in [0.717, 1.165) is 0 Å². The number of benzene rings is 2. The normalized spacial score (nSPS) is 9.48. The number of phenols is 1. The Kier molecular flexibility index (Phi) is 4.79. The van der Waals surface area contributed by atoms with Crippen molar-refractivity contribution in [2.45, 2.75) is 0 Å². The summed E-state index contributed by atoms with van der Waals surface area (Å²) in [5, 5.41) is 17.3. The first-order valence-electron chi connectivity index (χ1n) is 6.34. The standard InChI is InChI=1S/C14H12N6O3/c1-22-12-7-8(3-5-10(12)17-19-15)9-4-6-11(18-20-16)14(23-2)13(9)21/h3-7,21H,1-2H3. The molecule has 0 spiro atoms. The van der Waals surface area contributed by atoms with Crippen LogP contribution in [0, 0.1) is 0 Å². The lowest BCUT2D eigenvalue weighted by Crippen LogP contribution is -1.89. The van der Waals surface area contributed by atoms with Crippen molar-refractivity contribution in [3.63, 3.8) is 0 Å². The Labute approximate surface area is 131 Å². The third-order valence-corrected chi connectivity index (χ3v) is 3.11. The third-order valence-electron chi connectivity index (χ3n) is 3.11. The van der Waals surface area contributed by atoms with Crippen molar-refractivity contribution in [2.75, 3.05) is 14.2 Å². The first-order chi connectivity index (χ1) is 11.2. The minimum atomic E-state index is -0.170. The summed E-state index contributed by atoms with van der Waals surface area (Å²) in [6.45, 7) is 0. The van der Waals surface area contributed by atoms with Gasteiger partial charge in [0.05, 0.1) is 25.6 Å². The highest BCUT2D eigenvalue weighted by molar-refractivity contribution is 5.80. The predicted molar refractivity (Wildman–Crippen MR) is 84.3 cm³/mol. The smallest absolute Gasteiger partial charge is 0.170 e. The van der Waals surface area contributed by atoms with Crippen LogP contribution in [0.5, 0.6) is 17.2 Å². The highest BCUT2D eigenvalue weighted by Gasteiger charge is 2.15. The van der Waals surface area contributed by atoms with Crippen LogP contribution >= 0.6 is 0 Å². The Hall–Kier alpha value is -3.54. The molecule has 9 heteroatoms. The first-order valence-corrected chi connectivity index (χ1v) is 6.34. The van der Waals surface area contributed by atoms with Crippen LogP contribution < -0.4 is 9.47 Å². The van der Waals surface area contributed by atoms with Gasteiger partial charge >= 0.3 is 0 Å². The molecular formula is C14H12N6O3. The summed E-state index contributed by atoms with van der Waals surface area (Å²) >= 11 is 0. The van der Waals surface area contributed by atoms with Crippen molar-refractivity contribution in [1.82, 2.24) is 0 Å². The van der Waals surface area contributed by atoms with Gasteiger partial charge in [0.25, 0.3) is 0 Å². The second kappa shape index (κ2) is 6.95. The highest BCUT2D eigenvalue weighted by atomic mass is 16.5. The zero-order valence-corrected chi connectivity index (χ0v) is 12.3. The van der Waals surface area contributed by atoms with Crippen molar-refractivity contribution in [2.24, 2.45) is 10.2 Å². The Balaban J connectivity index is 2.63. The maximum Gasteiger partial charge on any atom is 0.170 e. The fourth-order valence-electron chi connectivity index (χ4n) is 2.10. The molecule has 2 rings (SSSR count). The molecule has 9 nitrogen and oxygen atoms in total. The molecule has 0 amide bonds. The zero-order chi connectivity index (χ0) is 16.8. The lowest BCUT2D eigenvalue weighted by Gasteiger charge is -2.13. The summed E-state index contributed by atoms with van der Waals surface area (Å²) in [6.07, 6.45) is 0. The van der Waals surface area contributed by atoms with Gasteiger partial charge < -0.3 is 14.6 Å². The Bertz CT molecular complexity index is 839. The Morgan fingerprint density at radius 1 is 0.957 bits per heavy atom. The number of hydrogen-bond donors (Lipinski definition) is 1. The second-order valence-electron chi connectivity index (χ2n) is 4.28. The van der Waals surface area contributed by atoms with Gasteiger partial charge in [0.1, 0.15) is 5.75 Å². The van der Waals surface area contributed by atoms with Gasteiger partial charge in [0.2, 0.25) is 0 Å². The van der Waals surface area contributed by atoms with E-state index >= 15 is 0 Å². The van der Waals surface area contributed by atoms with Crippen LogP contribution in [0.3, 0.4) is 0 Å². The lowest BCUT2D eigenvalue weighted by atomic mass is 10.0. The van der Waals surface area contributed by atoms with E-state index in [1.807, 2.05) is 0 Å². The van der Waals surface area contributed by atoms with Gasteiger partial charge in [0.15, 0.2) is 11.5 Å². The molecule has 23 heavy (non-hydrogen) atoms. The molecule has 0 aliphatic rings. The molecule has 0 radical (unpaired) electrons. The molecule has 0 saturated carbocycles. The number of nitrogens with zero attached hydrogens (tertiary/aromatic N) is 6. The van der Waals surface area contributed by atoms with E-state index in [9.17, 15) is 5.11 Å². The molecule has 2 aromatic rings. The topological polar surface area (TPSA) is 136 Å². The summed E-state index contributed by atoms with van der Waals surface area (Å²) < 4.78 is 10.3. The molecule has 0 bridgehead atoms. The van der Waals surface area contributed by atoms with E-state index in [4.69, 9.17) is 20.5 Å². The molecule has 0 atom stereocenters. The maximum atomic E-state index is 10.4.